The van der Waals surface area contributed by atoms with Crippen molar-refractivity contribution in [3.05, 3.63) is 35.4 Å². The summed E-state index contributed by atoms with van der Waals surface area (Å²) in [5.41, 5.74) is 5.33. The van der Waals surface area contributed by atoms with Crippen LogP contribution >= 0.6 is 0 Å². The fourth-order valence-corrected chi connectivity index (χ4v) is 1.67. The van der Waals surface area contributed by atoms with Crippen LogP contribution < -0.4 is 11.1 Å². The van der Waals surface area contributed by atoms with Gasteiger partial charge in [0.15, 0.2) is 0 Å². The summed E-state index contributed by atoms with van der Waals surface area (Å²) >= 11 is 0. The van der Waals surface area contributed by atoms with E-state index in [1.165, 1.54) is 24.3 Å². The average Bonchev–Trinajstić information content (AvgIpc) is 2.49. The molecule has 4 nitrogen and oxygen atoms in total. The van der Waals surface area contributed by atoms with E-state index in [-0.39, 0.29) is 11.1 Å². The Kier molecular flexibility index (Phi) is 6.57. The first-order valence-corrected chi connectivity index (χ1v) is 6.50. The molecule has 0 aliphatic carbocycles. The van der Waals surface area contributed by atoms with Crippen LogP contribution in [0.2, 0.25) is 0 Å². The summed E-state index contributed by atoms with van der Waals surface area (Å²) in [7, 11) is 0. The molecule has 8 heteroatoms. The molecule has 3 N–H and O–H groups in total. The molecule has 0 heterocycles. The number of rotatable bonds is 5. The van der Waals surface area contributed by atoms with Gasteiger partial charge in [0.1, 0.15) is 6.04 Å². The summed E-state index contributed by atoms with van der Waals surface area (Å²) in [6.45, 7) is 1.09. The van der Waals surface area contributed by atoms with E-state index in [9.17, 15) is 27.2 Å². The molecule has 0 aromatic heterocycles. The molecule has 0 aliphatic heterocycles. The van der Waals surface area contributed by atoms with Crippen LogP contribution in [-0.2, 0) is 4.79 Å². The third kappa shape index (κ3) is 5.62. The first kappa shape index (κ1) is 18.5. The van der Waals surface area contributed by atoms with Gasteiger partial charge in [0.2, 0.25) is 12.3 Å². The molecule has 0 aliphatic rings. The highest BCUT2D eigenvalue weighted by atomic mass is 19.3. The molecule has 1 aromatic carbocycles. The van der Waals surface area contributed by atoms with Crippen molar-refractivity contribution in [1.82, 2.24) is 5.32 Å². The molecule has 1 rings (SSSR count). The number of carbonyl (C=O) groups excluding carboxylic acids is 2. The Labute approximate surface area is 130 Å². The van der Waals surface area contributed by atoms with Gasteiger partial charge in [-0.05, 0) is 30.2 Å². The van der Waals surface area contributed by atoms with Gasteiger partial charge in [-0.15, -0.1) is 0 Å². The minimum Gasteiger partial charge on any atom is -0.368 e. The maximum Gasteiger partial charge on any atom is 0.299 e. The zero-order chi connectivity index (χ0) is 17.6. The van der Waals surface area contributed by atoms with Gasteiger partial charge >= 0.3 is 0 Å². The lowest BCUT2D eigenvalue weighted by atomic mass is 10.0. The second-order valence-electron chi connectivity index (χ2n) is 4.69. The molecule has 0 spiro atoms. The lowest BCUT2D eigenvalue weighted by Crippen LogP contribution is -2.50. The summed E-state index contributed by atoms with van der Waals surface area (Å²) in [6, 6.07) is 3.66. The van der Waals surface area contributed by atoms with E-state index in [4.69, 9.17) is 5.73 Å². The van der Waals surface area contributed by atoms with E-state index in [2.05, 4.69) is 11.2 Å². The van der Waals surface area contributed by atoms with Crippen LogP contribution in [0.3, 0.4) is 0 Å². The van der Waals surface area contributed by atoms with Crippen molar-refractivity contribution >= 4 is 11.8 Å². The molecule has 2 amide bonds. The summed E-state index contributed by atoms with van der Waals surface area (Å²) in [5.74, 6) is 0.542. The Morgan fingerprint density at radius 1 is 1.13 bits per heavy atom. The molecule has 2 unspecified atom stereocenters. The molecule has 124 valence electrons. The maximum atomic E-state index is 12.7. The zero-order valence-corrected chi connectivity index (χ0v) is 12.0. The number of nitrogens with one attached hydrogen (secondary N) is 1. The van der Waals surface area contributed by atoms with E-state index in [1.54, 1.807) is 5.92 Å². The number of carbonyl (C=O) groups is 2. The highest BCUT2D eigenvalue weighted by Gasteiger charge is 2.31. The fourth-order valence-electron chi connectivity index (χ4n) is 1.67. The van der Waals surface area contributed by atoms with Gasteiger partial charge in [0, 0.05) is 17.0 Å². The first-order chi connectivity index (χ1) is 10.7. The van der Waals surface area contributed by atoms with Gasteiger partial charge in [0.25, 0.3) is 12.3 Å². The molecule has 0 radical (unpaired) electrons. The van der Waals surface area contributed by atoms with Gasteiger partial charge in [-0.2, -0.15) is 8.78 Å². The minimum atomic E-state index is -2.83. The Morgan fingerprint density at radius 2 is 1.70 bits per heavy atom. The molecular formula is C15H14F4N2O2. The lowest BCUT2D eigenvalue weighted by Gasteiger charge is -2.21. The summed E-state index contributed by atoms with van der Waals surface area (Å²) in [5, 5.41) is 2.13. The minimum absolute atomic E-state index is 0.0558. The molecule has 0 saturated carbocycles. The van der Waals surface area contributed by atoms with Crippen molar-refractivity contribution in [2.45, 2.75) is 25.8 Å². The number of nitrogens with two attached hydrogens (primary N) is 1. The van der Waals surface area contributed by atoms with Crippen LogP contribution in [0, 0.1) is 17.8 Å². The molecule has 0 bridgehead atoms. The number of benzene rings is 1. The van der Waals surface area contributed by atoms with Crippen molar-refractivity contribution in [2.75, 3.05) is 0 Å². The van der Waals surface area contributed by atoms with Gasteiger partial charge < -0.3 is 11.1 Å². The van der Waals surface area contributed by atoms with Crippen molar-refractivity contribution in [3.8, 4) is 11.8 Å². The van der Waals surface area contributed by atoms with Gasteiger partial charge in [-0.1, -0.05) is 12.8 Å². The summed E-state index contributed by atoms with van der Waals surface area (Å²) < 4.78 is 49.2. The summed E-state index contributed by atoms with van der Waals surface area (Å²) in [4.78, 5) is 23.1. The second-order valence-corrected chi connectivity index (χ2v) is 4.69. The predicted octanol–water partition coefficient (Wildman–Crippen LogP) is 1.79. The van der Waals surface area contributed by atoms with E-state index in [1.807, 2.05) is 0 Å². The fraction of sp³-hybridized carbons (Fsp3) is 0.333. The van der Waals surface area contributed by atoms with Gasteiger partial charge in [-0.3, -0.25) is 9.59 Å². The second kappa shape index (κ2) is 8.17. The Balaban J connectivity index is 2.85. The number of primary amides is 1. The molecular weight excluding hydrogens is 316 g/mol. The van der Waals surface area contributed by atoms with Gasteiger partial charge in [-0.25, -0.2) is 8.78 Å². The Bertz CT molecular complexity index is 621. The monoisotopic (exact) mass is 330 g/mol. The topological polar surface area (TPSA) is 72.2 Å². The van der Waals surface area contributed by atoms with Crippen molar-refractivity contribution in [2.24, 2.45) is 11.7 Å². The van der Waals surface area contributed by atoms with E-state index >= 15 is 0 Å². The maximum absolute atomic E-state index is 12.7. The third-order valence-corrected chi connectivity index (χ3v) is 2.99. The van der Waals surface area contributed by atoms with E-state index in [0.29, 0.717) is 0 Å². The standard InChI is InChI=1S/C15H14F4N2O2/c1-8(13(18)19)12(14(20)22)21-15(23)10-5-2-9(3-6-10)4-7-11(16)17/h2-3,5-6,8,11-13H,1H3,(H2,20,22)(H,21,23). The number of hydrogen-bond donors (Lipinski definition) is 2. The Hall–Kier alpha value is -2.56. The van der Waals surface area contributed by atoms with Crippen LogP contribution in [0.1, 0.15) is 22.8 Å². The Morgan fingerprint density at radius 3 is 2.13 bits per heavy atom. The molecule has 1 aromatic rings. The smallest absolute Gasteiger partial charge is 0.299 e. The number of hydrogen-bond acceptors (Lipinski definition) is 2. The number of halogens is 4. The third-order valence-electron chi connectivity index (χ3n) is 2.99. The summed E-state index contributed by atoms with van der Waals surface area (Å²) in [6.07, 6.45) is -5.61. The number of alkyl halides is 4. The SMILES string of the molecule is CC(C(F)F)C(NC(=O)c1ccc(C#CC(F)F)cc1)C(N)=O. The highest BCUT2D eigenvalue weighted by Crippen LogP contribution is 2.14. The molecule has 23 heavy (non-hydrogen) atoms. The largest absolute Gasteiger partial charge is 0.368 e. The number of amides is 2. The predicted molar refractivity (Wildman–Crippen MR) is 74.9 cm³/mol. The molecule has 0 fully saturated rings. The first-order valence-electron chi connectivity index (χ1n) is 6.50. The van der Waals surface area contributed by atoms with Crippen molar-refractivity contribution in [1.29, 1.82) is 0 Å². The van der Waals surface area contributed by atoms with Crippen LogP contribution in [0.15, 0.2) is 24.3 Å². The quantitative estimate of drug-likeness (QED) is 0.638. The van der Waals surface area contributed by atoms with Crippen LogP contribution in [0.5, 0.6) is 0 Å². The van der Waals surface area contributed by atoms with Crippen molar-refractivity contribution < 1.29 is 27.2 Å². The normalized spacial score (nSPS) is 13.2. The average molecular weight is 330 g/mol. The van der Waals surface area contributed by atoms with Crippen LogP contribution in [-0.4, -0.2) is 30.7 Å². The van der Waals surface area contributed by atoms with E-state index < -0.39 is 36.6 Å². The highest BCUT2D eigenvalue weighted by molar-refractivity contribution is 5.97. The zero-order valence-electron chi connectivity index (χ0n) is 12.0. The van der Waals surface area contributed by atoms with Crippen LogP contribution in [0.25, 0.3) is 0 Å². The van der Waals surface area contributed by atoms with Gasteiger partial charge in [0.05, 0.1) is 0 Å². The molecule has 0 saturated heterocycles. The van der Waals surface area contributed by atoms with Crippen molar-refractivity contribution in [3.63, 3.8) is 0 Å². The van der Waals surface area contributed by atoms with E-state index in [0.717, 1.165) is 6.92 Å². The lowest BCUT2D eigenvalue weighted by molar-refractivity contribution is -0.122. The molecule has 2 atom stereocenters. The van der Waals surface area contributed by atoms with Crippen LogP contribution in [0.4, 0.5) is 17.6 Å².